The van der Waals surface area contributed by atoms with Crippen molar-refractivity contribution in [2.45, 2.75) is 24.6 Å². The van der Waals surface area contributed by atoms with E-state index >= 15 is 0 Å². The Kier molecular flexibility index (Phi) is 5.20. The maximum absolute atomic E-state index is 13.3. The zero-order chi connectivity index (χ0) is 20.6. The van der Waals surface area contributed by atoms with Crippen molar-refractivity contribution in [3.05, 3.63) is 59.4 Å². The van der Waals surface area contributed by atoms with Crippen molar-refractivity contribution >= 4 is 22.6 Å². The van der Waals surface area contributed by atoms with Gasteiger partial charge in [0.1, 0.15) is 0 Å². The number of halogens is 3. The summed E-state index contributed by atoms with van der Waals surface area (Å²) in [5, 5.41) is 17.6. The average molecular weight is 423 g/mol. The molecule has 1 atom stereocenters. The summed E-state index contributed by atoms with van der Waals surface area (Å²) in [4.78, 5) is 15.5. The molecule has 1 aromatic heterocycles. The first kappa shape index (κ1) is 20.0. The summed E-state index contributed by atoms with van der Waals surface area (Å²) in [7, 11) is 0. The molecule has 0 radical (unpaired) electrons. The average Bonchev–Trinajstić information content (AvgIpc) is 3.39. The third-order valence-corrected chi connectivity index (χ3v) is 6.72. The molecule has 0 bridgehead atoms. The number of nitrogens with one attached hydrogen (secondary N) is 1. The van der Waals surface area contributed by atoms with Gasteiger partial charge in [-0.05, 0) is 24.5 Å². The highest BCUT2D eigenvalue weighted by molar-refractivity contribution is 8.08. The maximum Gasteiger partial charge on any atom is 0.416 e. The molecule has 1 unspecified atom stereocenters. The summed E-state index contributed by atoms with van der Waals surface area (Å²) in [5.41, 5.74) is -1.59. The number of aliphatic hydroxyl groups is 1. The van der Waals surface area contributed by atoms with Crippen LogP contribution in [0.2, 0.25) is 0 Å². The number of amides is 1. The van der Waals surface area contributed by atoms with Gasteiger partial charge >= 0.3 is 6.18 Å². The fraction of sp³-hybridized carbons (Fsp3) is 0.400. The molecule has 1 amide bonds. The quantitative estimate of drug-likeness (QED) is 0.791. The van der Waals surface area contributed by atoms with Crippen molar-refractivity contribution in [3.63, 3.8) is 0 Å². The Bertz CT molecular complexity index is 919. The number of thioether (sulfide) groups is 1. The molecule has 2 aliphatic rings. The predicted octanol–water partition coefficient (Wildman–Crippen LogP) is 3.64. The van der Waals surface area contributed by atoms with Gasteiger partial charge in [0, 0.05) is 35.5 Å². The molecule has 1 saturated heterocycles. The van der Waals surface area contributed by atoms with Crippen molar-refractivity contribution in [1.82, 2.24) is 15.1 Å². The van der Waals surface area contributed by atoms with Crippen LogP contribution in [0.5, 0.6) is 0 Å². The number of H-pyrrole nitrogens is 1. The molecule has 154 valence electrons. The van der Waals surface area contributed by atoms with Crippen molar-refractivity contribution in [2.75, 3.05) is 18.8 Å². The Balaban J connectivity index is 1.45. The molecule has 4 rings (SSSR count). The lowest BCUT2D eigenvalue weighted by Crippen LogP contribution is -2.47. The minimum absolute atomic E-state index is 0.0536. The van der Waals surface area contributed by atoms with E-state index in [4.69, 9.17) is 0 Å². The first-order chi connectivity index (χ1) is 13.8. The van der Waals surface area contributed by atoms with Gasteiger partial charge in [-0.15, -0.1) is 11.8 Å². The summed E-state index contributed by atoms with van der Waals surface area (Å²) in [6.45, 7) is 0.440. The van der Waals surface area contributed by atoms with Crippen molar-refractivity contribution < 1.29 is 23.1 Å². The number of likely N-dealkylation sites (tertiary alicyclic amines) is 1. The van der Waals surface area contributed by atoms with Crippen LogP contribution in [0.1, 0.15) is 29.5 Å². The molecule has 2 N–H and O–H groups in total. The van der Waals surface area contributed by atoms with Crippen molar-refractivity contribution in [3.8, 4) is 0 Å². The van der Waals surface area contributed by atoms with E-state index < -0.39 is 17.3 Å². The van der Waals surface area contributed by atoms with Gasteiger partial charge in [0.25, 0.3) is 0 Å². The lowest BCUT2D eigenvalue weighted by Gasteiger charge is -2.40. The van der Waals surface area contributed by atoms with Gasteiger partial charge < -0.3 is 10.0 Å². The third-order valence-electron chi connectivity index (χ3n) is 5.51. The van der Waals surface area contributed by atoms with E-state index in [0.29, 0.717) is 5.75 Å². The minimum Gasteiger partial charge on any atom is -0.385 e. The van der Waals surface area contributed by atoms with Crippen LogP contribution in [0.4, 0.5) is 13.2 Å². The fourth-order valence-electron chi connectivity index (χ4n) is 3.90. The normalized spacial score (nSPS) is 21.9. The molecule has 29 heavy (non-hydrogen) atoms. The summed E-state index contributed by atoms with van der Waals surface area (Å²) in [5.74, 6) is 0.289. The van der Waals surface area contributed by atoms with Gasteiger partial charge in [0.15, 0.2) is 0 Å². The van der Waals surface area contributed by atoms with Crippen LogP contribution in [-0.2, 0) is 16.6 Å². The molecule has 0 aliphatic carbocycles. The second-order valence-corrected chi connectivity index (χ2v) is 8.40. The van der Waals surface area contributed by atoms with Crippen LogP contribution in [0.3, 0.4) is 0 Å². The zero-order valence-corrected chi connectivity index (χ0v) is 16.3. The SMILES string of the molecule is O=C(C1C=C(c2cn[nH]c2)SC1)N1CCC(O)(c2ccccc2C(F)(F)F)CC1. The van der Waals surface area contributed by atoms with Gasteiger partial charge in [0.2, 0.25) is 5.91 Å². The van der Waals surface area contributed by atoms with Crippen LogP contribution in [0.25, 0.3) is 4.91 Å². The fourth-order valence-corrected chi connectivity index (χ4v) is 5.04. The number of hydrogen-bond donors (Lipinski definition) is 2. The van der Waals surface area contributed by atoms with Crippen molar-refractivity contribution in [2.24, 2.45) is 5.92 Å². The number of benzene rings is 1. The highest BCUT2D eigenvalue weighted by atomic mass is 32.2. The van der Waals surface area contributed by atoms with E-state index in [1.807, 2.05) is 6.08 Å². The number of rotatable bonds is 3. The summed E-state index contributed by atoms with van der Waals surface area (Å²) < 4.78 is 40.0. The lowest BCUT2D eigenvalue weighted by molar-refractivity contribution is -0.145. The first-order valence-electron chi connectivity index (χ1n) is 9.29. The van der Waals surface area contributed by atoms with Gasteiger partial charge in [-0.25, -0.2) is 0 Å². The minimum atomic E-state index is -4.53. The van der Waals surface area contributed by atoms with Gasteiger partial charge in [-0.3, -0.25) is 9.89 Å². The highest BCUT2D eigenvalue weighted by Crippen LogP contribution is 2.42. The summed E-state index contributed by atoms with van der Waals surface area (Å²) >= 11 is 1.58. The maximum atomic E-state index is 13.3. The van der Waals surface area contributed by atoms with Gasteiger partial charge in [0.05, 0.1) is 23.3 Å². The second-order valence-electron chi connectivity index (χ2n) is 7.34. The van der Waals surface area contributed by atoms with E-state index in [-0.39, 0.29) is 43.3 Å². The van der Waals surface area contributed by atoms with Gasteiger partial charge in [-0.2, -0.15) is 18.3 Å². The number of alkyl halides is 3. The summed E-state index contributed by atoms with van der Waals surface area (Å²) in [6, 6.07) is 5.13. The number of piperidine rings is 1. The van der Waals surface area contributed by atoms with E-state index in [9.17, 15) is 23.1 Å². The number of carbonyl (C=O) groups excluding carboxylic acids is 1. The van der Waals surface area contributed by atoms with Crippen LogP contribution >= 0.6 is 11.8 Å². The van der Waals surface area contributed by atoms with E-state index in [1.54, 1.807) is 29.1 Å². The Hall–Kier alpha value is -2.26. The number of hydrogen-bond acceptors (Lipinski definition) is 4. The van der Waals surface area contributed by atoms with E-state index in [1.165, 1.54) is 18.2 Å². The smallest absolute Gasteiger partial charge is 0.385 e. The molecule has 3 heterocycles. The van der Waals surface area contributed by atoms with Crippen LogP contribution in [0, 0.1) is 5.92 Å². The Morgan fingerprint density at radius 1 is 1.28 bits per heavy atom. The van der Waals surface area contributed by atoms with Gasteiger partial charge in [-0.1, -0.05) is 24.3 Å². The standard InChI is InChI=1S/C20H20F3N3O2S/c21-20(22,23)16-4-2-1-3-15(16)19(28)5-7-26(8-6-19)18(27)13-9-17(29-12-13)14-10-24-25-11-14/h1-4,9-11,13,28H,5-8,12H2,(H,24,25). The molecule has 0 saturated carbocycles. The van der Waals surface area contributed by atoms with E-state index in [0.717, 1.165) is 16.5 Å². The highest BCUT2D eigenvalue weighted by Gasteiger charge is 2.43. The van der Waals surface area contributed by atoms with Crippen LogP contribution in [0.15, 0.2) is 42.7 Å². The number of aromatic nitrogens is 2. The monoisotopic (exact) mass is 423 g/mol. The van der Waals surface area contributed by atoms with Crippen molar-refractivity contribution in [1.29, 1.82) is 0 Å². The molecule has 9 heteroatoms. The number of carbonyl (C=O) groups is 1. The number of nitrogens with zero attached hydrogens (tertiary/aromatic N) is 2. The Labute approximate surface area is 170 Å². The molecule has 1 aromatic carbocycles. The molecule has 0 spiro atoms. The number of aromatic amines is 1. The summed E-state index contributed by atoms with van der Waals surface area (Å²) in [6.07, 6.45) is 0.996. The second kappa shape index (κ2) is 7.53. The third kappa shape index (κ3) is 3.93. The van der Waals surface area contributed by atoms with Crippen LogP contribution < -0.4 is 0 Å². The molecule has 2 aliphatic heterocycles. The lowest BCUT2D eigenvalue weighted by atomic mass is 9.81. The zero-order valence-electron chi connectivity index (χ0n) is 15.4. The molecule has 1 fully saturated rings. The first-order valence-corrected chi connectivity index (χ1v) is 10.3. The largest absolute Gasteiger partial charge is 0.416 e. The molecular weight excluding hydrogens is 403 g/mol. The molecular formula is C20H20F3N3O2S. The topological polar surface area (TPSA) is 69.2 Å². The molecule has 2 aromatic rings. The van der Waals surface area contributed by atoms with E-state index in [2.05, 4.69) is 10.2 Å². The predicted molar refractivity (Wildman–Crippen MR) is 104 cm³/mol. The molecule has 5 nitrogen and oxygen atoms in total. The van der Waals surface area contributed by atoms with Crippen LogP contribution in [-0.4, -0.2) is 45.0 Å². The Morgan fingerprint density at radius 2 is 2.00 bits per heavy atom. The Morgan fingerprint density at radius 3 is 2.66 bits per heavy atom.